The fourth-order valence-electron chi connectivity index (χ4n) is 11.6. The van der Waals surface area contributed by atoms with Crippen LogP contribution in [0.25, 0.3) is 98.4 Å². The Kier molecular flexibility index (Phi) is 9.02. The molecule has 5 heteroatoms. The second-order valence-electron chi connectivity index (χ2n) is 19.4. The molecule has 2 aromatic heterocycles. The van der Waals surface area contributed by atoms with E-state index in [-0.39, 0.29) is 0 Å². The highest BCUT2D eigenvalue weighted by molar-refractivity contribution is 6.26. The maximum Gasteiger partial charge on any atom is 0.159 e. The SMILES string of the molecule is Cc1ccc2c(N(c3ccc4oc5ccccc5c4c3)c3ccccc3-c3ccccc3)cc3c4cc(C)cc5c4c(cc3c2c1)-c1ccc(N(c2ccccc2)c2cccc3c2oc2ccccc23)cc1O5. The van der Waals surface area contributed by atoms with Crippen molar-refractivity contribution in [2.45, 2.75) is 13.8 Å². The molecule has 3 heterocycles. The van der Waals surface area contributed by atoms with Crippen molar-refractivity contribution in [1.29, 1.82) is 0 Å². The van der Waals surface area contributed by atoms with Crippen LogP contribution in [0.4, 0.5) is 34.1 Å². The lowest BCUT2D eigenvalue weighted by Crippen LogP contribution is -2.12. The number of aryl methyl sites for hydroxylation is 2. The van der Waals surface area contributed by atoms with Gasteiger partial charge in [-0.25, -0.2) is 0 Å². The molecule has 344 valence electrons. The lowest BCUT2D eigenvalue weighted by atomic mass is 9.87. The van der Waals surface area contributed by atoms with Crippen molar-refractivity contribution in [2.24, 2.45) is 0 Å². The molecule has 0 radical (unpaired) electrons. The third-order valence-corrected chi connectivity index (χ3v) is 14.9. The Hall–Kier alpha value is -9.58. The second kappa shape index (κ2) is 16.0. The molecule has 15 rings (SSSR count). The summed E-state index contributed by atoms with van der Waals surface area (Å²) in [5.41, 5.74) is 16.4. The van der Waals surface area contributed by atoms with Gasteiger partial charge in [0.2, 0.25) is 0 Å². The van der Waals surface area contributed by atoms with E-state index in [1.54, 1.807) is 0 Å². The van der Waals surface area contributed by atoms with E-state index in [0.29, 0.717) is 0 Å². The van der Waals surface area contributed by atoms with Crippen LogP contribution in [-0.2, 0) is 0 Å². The highest BCUT2D eigenvalue weighted by Gasteiger charge is 2.28. The minimum atomic E-state index is 0.803. The van der Waals surface area contributed by atoms with E-state index in [9.17, 15) is 0 Å². The molecule has 0 amide bonds. The molecule has 0 aliphatic carbocycles. The van der Waals surface area contributed by atoms with Crippen LogP contribution in [0, 0.1) is 13.8 Å². The van der Waals surface area contributed by atoms with Gasteiger partial charge >= 0.3 is 0 Å². The fraction of sp³-hybridized carbons (Fsp3) is 0.0294. The van der Waals surface area contributed by atoms with Crippen molar-refractivity contribution >= 4 is 110 Å². The Morgan fingerprint density at radius 2 is 0.945 bits per heavy atom. The van der Waals surface area contributed by atoms with Gasteiger partial charge in [-0.2, -0.15) is 0 Å². The van der Waals surface area contributed by atoms with Crippen molar-refractivity contribution in [3.05, 3.63) is 242 Å². The lowest BCUT2D eigenvalue weighted by molar-refractivity contribution is 0.487. The monoisotopic (exact) mass is 936 g/mol. The third kappa shape index (κ3) is 6.42. The van der Waals surface area contributed by atoms with Gasteiger partial charge in [0.15, 0.2) is 5.58 Å². The molecule has 0 N–H and O–H groups in total. The quantitative estimate of drug-likeness (QED) is 0.149. The molecule has 0 bridgehead atoms. The zero-order valence-electron chi connectivity index (χ0n) is 40.1. The Balaban J connectivity index is 0.968. The predicted molar refractivity (Wildman–Crippen MR) is 303 cm³/mol. The number of para-hydroxylation sites is 5. The number of benzene rings is 12. The number of anilines is 6. The zero-order valence-corrected chi connectivity index (χ0v) is 40.1. The molecule has 0 saturated carbocycles. The highest BCUT2D eigenvalue weighted by atomic mass is 16.5. The topological polar surface area (TPSA) is 42.0 Å². The molecule has 73 heavy (non-hydrogen) atoms. The molecule has 14 aromatic rings. The smallest absolute Gasteiger partial charge is 0.159 e. The van der Waals surface area contributed by atoms with Crippen LogP contribution in [0.1, 0.15) is 11.1 Å². The number of ether oxygens (including phenoxy) is 1. The molecule has 12 aromatic carbocycles. The minimum Gasteiger partial charge on any atom is -0.456 e. The number of nitrogens with zero attached hydrogens (tertiary/aromatic N) is 2. The van der Waals surface area contributed by atoms with Crippen LogP contribution in [0.3, 0.4) is 0 Å². The Labute approximate surface area is 420 Å². The molecule has 0 spiro atoms. The summed E-state index contributed by atoms with van der Waals surface area (Å²) in [6.07, 6.45) is 0. The predicted octanol–water partition coefficient (Wildman–Crippen LogP) is 19.9. The minimum absolute atomic E-state index is 0.803. The Morgan fingerprint density at radius 1 is 0.301 bits per heavy atom. The first-order chi connectivity index (χ1) is 36.0. The van der Waals surface area contributed by atoms with E-state index in [2.05, 4.69) is 230 Å². The summed E-state index contributed by atoms with van der Waals surface area (Å²) in [5.74, 6) is 1.65. The second-order valence-corrected chi connectivity index (χ2v) is 19.4. The first-order valence-corrected chi connectivity index (χ1v) is 24.9. The zero-order chi connectivity index (χ0) is 48.3. The Bertz CT molecular complexity index is 4570. The van der Waals surface area contributed by atoms with Crippen LogP contribution >= 0.6 is 0 Å². The average Bonchev–Trinajstić information content (AvgIpc) is 4.00. The van der Waals surface area contributed by atoms with E-state index in [0.717, 1.165) is 139 Å². The largest absolute Gasteiger partial charge is 0.456 e. The lowest BCUT2D eigenvalue weighted by Gasteiger charge is -2.31. The number of fused-ring (bicyclic) bond motifs is 12. The van der Waals surface area contributed by atoms with Gasteiger partial charge in [0.1, 0.15) is 28.2 Å². The standard InChI is InChI=1S/C68H44N2O3/c1-41-28-31-48-53(34-41)54-39-58-51-32-29-46(69(44-18-7-4-8-19-44)60-25-15-23-52-49-21-10-14-27-63(49)73-68(52)60)38-65(51)72-66-36-42(2)35-57(67(58)66)55(54)40-61(48)70(59-24-12-9-20-47(59)43-16-5-3-6-17-43)45-30-33-64-56(37-45)50-22-11-13-26-62(50)71-64/h3-40H,1-2H3. The van der Waals surface area contributed by atoms with E-state index >= 15 is 0 Å². The first-order valence-electron chi connectivity index (χ1n) is 24.9. The normalized spacial score (nSPS) is 12.1. The van der Waals surface area contributed by atoms with Crippen molar-refractivity contribution in [3.8, 4) is 33.8 Å². The summed E-state index contributed by atoms with van der Waals surface area (Å²) in [7, 11) is 0. The van der Waals surface area contributed by atoms with Gasteiger partial charge in [0, 0.05) is 60.9 Å². The van der Waals surface area contributed by atoms with E-state index in [4.69, 9.17) is 13.6 Å². The van der Waals surface area contributed by atoms with E-state index in [1.165, 1.54) is 16.3 Å². The van der Waals surface area contributed by atoms with Gasteiger partial charge in [-0.15, -0.1) is 0 Å². The summed E-state index contributed by atoms with van der Waals surface area (Å²) >= 11 is 0. The molecule has 5 nitrogen and oxygen atoms in total. The fourth-order valence-corrected chi connectivity index (χ4v) is 11.6. The molecular formula is C68H44N2O3. The van der Waals surface area contributed by atoms with Crippen LogP contribution in [0.15, 0.2) is 239 Å². The van der Waals surface area contributed by atoms with Gasteiger partial charge in [0.05, 0.1) is 22.7 Å². The van der Waals surface area contributed by atoms with Crippen molar-refractivity contribution in [3.63, 3.8) is 0 Å². The van der Waals surface area contributed by atoms with Crippen molar-refractivity contribution in [1.82, 2.24) is 0 Å². The first kappa shape index (κ1) is 41.2. The van der Waals surface area contributed by atoms with Gasteiger partial charge in [-0.05, 0) is 137 Å². The van der Waals surface area contributed by atoms with Crippen molar-refractivity contribution < 1.29 is 13.6 Å². The molecule has 0 saturated heterocycles. The van der Waals surface area contributed by atoms with Crippen LogP contribution < -0.4 is 14.5 Å². The van der Waals surface area contributed by atoms with E-state index < -0.39 is 0 Å². The average molecular weight is 937 g/mol. The summed E-state index contributed by atoms with van der Waals surface area (Å²) in [6.45, 7) is 4.37. The molecule has 0 unspecified atom stereocenters. The van der Waals surface area contributed by atoms with Crippen molar-refractivity contribution in [2.75, 3.05) is 9.80 Å². The number of furan rings is 2. The number of hydrogen-bond acceptors (Lipinski definition) is 5. The number of rotatable bonds is 7. The number of hydrogen-bond donors (Lipinski definition) is 0. The van der Waals surface area contributed by atoms with Crippen LogP contribution in [0.5, 0.6) is 11.5 Å². The van der Waals surface area contributed by atoms with Gasteiger partial charge < -0.3 is 23.4 Å². The molecule has 0 fully saturated rings. The maximum atomic E-state index is 7.16. The third-order valence-electron chi connectivity index (χ3n) is 14.9. The summed E-state index contributed by atoms with van der Waals surface area (Å²) < 4.78 is 20.2. The van der Waals surface area contributed by atoms with Gasteiger partial charge in [-0.1, -0.05) is 145 Å². The molecular weight excluding hydrogens is 893 g/mol. The summed E-state index contributed by atoms with van der Waals surface area (Å²) in [5, 5.41) is 11.3. The highest BCUT2D eigenvalue weighted by Crippen LogP contribution is 2.54. The summed E-state index contributed by atoms with van der Waals surface area (Å²) in [4.78, 5) is 4.74. The van der Waals surface area contributed by atoms with Gasteiger partial charge in [-0.3, -0.25) is 0 Å². The maximum absolute atomic E-state index is 7.16. The molecule has 0 atom stereocenters. The van der Waals surface area contributed by atoms with Crippen LogP contribution in [0.2, 0.25) is 0 Å². The van der Waals surface area contributed by atoms with Gasteiger partial charge in [0.25, 0.3) is 0 Å². The van der Waals surface area contributed by atoms with E-state index in [1.807, 2.05) is 24.3 Å². The Morgan fingerprint density at radius 3 is 1.79 bits per heavy atom. The van der Waals surface area contributed by atoms with Crippen LogP contribution in [-0.4, -0.2) is 0 Å². The summed E-state index contributed by atoms with van der Waals surface area (Å²) in [6, 6.07) is 82.5. The molecule has 1 aliphatic heterocycles. The molecule has 1 aliphatic rings.